The molecule has 1 aromatic rings. The third kappa shape index (κ3) is 4.10. The molecule has 4 rings (SSSR count). The highest BCUT2D eigenvalue weighted by Crippen LogP contribution is 2.37. The van der Waals surface area contributed by atoms with Gasteiger partial charge in [0.2, 0.25) is 11.8 Å². The number of rotatable bonds is 5. The summed E-state index contributed by atoms with van der Waals surface area (Å²) in [7, 11) is 1.65. The quantitative estimate of drug-likeness (QED) is 0.778. The van der Waals surface area contributed by atoms with Crippen molar-refractivity contribution in [1.29, 1.82) is 0 Å². The molecule has 1 aromatic carbocycles. The number of halogens is 1. The molecular formula is C22H26FN3O3S. The van der Waals surface area contributed by atoms with Crippen molar-refractivity contribution >= 4 is 29.6 Å². The molecule has 3 aliphatic rings. The number of imide groups is 1. The normalized spacial score (nSPS) is 28.6. The van der Waals surface area contributed by atoms with Gasteiger partial charge in [-0.05, 0) is 54.7 Å². The Morgan fingerprint density at radius 2 is 1.87 bits per heavy atom. The molecule has 2 fully saturated rings. The fourth-order valence-electron chi connectivity index (χ4n) is 4.59. The molecule has 8 heteroatoms. The molecule has 160 valence electrons. The molecule has 1 saturated heterocycles. The van der Waals surface area contributed by atoms with Crippen LogP contribution in [0.1, 0.15) is 31.2 Å². The molecule has 30 heavy (non-hydrogen) atoms. The first-order chi connectivity index (χ1) is 14.5. The summed E-state index contributed by atoms with van der Waals surface area (Å²) >= 11 is 1.45. The Balaban J connectivity index is 1.46. The summed E-state index contributed by atoms with van der Waals surface area (Å²) < 4.78 is 13.3. The second-order valence-corrected chi connectivity index (χ2v) is 9.25. The number of urea groups is 1. The average molecular weight is 432 g/mol. The molecule has 1 saturated carbocycles. The SMILES string of the molecule is CNC(=O)C1CCC(CN2C(=O)C3SC=CC3N(Cc3ccc(F)cc3)C2=O)CC1. The Morgan fingerprint density at radius 3 is 2.53 bits per heavy atom. The summed E-state index contributed by atoms with van der Waals surface area (Å²) in [5.41, 5.74) is 0.828. The molecule has 2 unspecified atom stereocenters. The molecule has 6 nitrogen and oxygen atoms in total. The third-order valence-electron chi connectivity index (χ3n) is 6.33. The van der Waals surface area contributed by atoms with Gasteiger partial charge in [0, 0.05) is 26.1 Å². The number of hydrogen-bond acceptors (Lipinski definition) is 4. The maximum absolute atomic E-state index is 13.3. The second-order valence-electron chi connectivity index (χ2n) is 8.19. The lowest BCUT2D eigenvalue weighted by Gasteiger charge is -2.43. The van der Waals surface area contributed by atoms with Gasteiger partial charge in [-0.1, -0.05) is 18.2 Å². The van der Waals surface area contributed by atoms with Crippen LogP contribution in [0.4, 0.5) is 9.18 Å². The van der Waals surface area contributed by atoms with Gasteiger partial charge in [-0.2, -0.15) is 0 Å². The molecule has 0 aromatic heterocycles. The largest absolute Gasteiger partial charge is 0.359 e. The maximum atomic E-state index is 13.3. The molecule has 2 heterocycles. The fraction of sp³-hybridized carbons (Fsp3) is 0.500. The fourth-order valence-corrected chi connectivity index (χ4v) is 5.65. The number of nitrogens with one attached hydrogen (secondary N) is 1. The lowest BCUT2D eigenvalue weighted by molar-refractivity contribution is -0.132. The molecule has 2 atom stereocenters. The van der Waals surface area contributed by atoms with Crippen molar-refractivity contribution in [2.45, 2.75) is 43.5 Å². The number of nitrogens with zero attached hydrogens (tertiary/aromatic N) is 2. The van der Waals surface area contributed by atoms with Crippen LogP contribution in [0.15, 0.2) is 35.7 Å². The number of benzene rings is 1. The van der Waals surface area contributed by atoms with Crippen LogP contribution >= 0.6 is 11.8 Å². The zero-order valence-corrected chi connectivity index (χ0v) is 17.7. The molecule has 0 bridgehead atoms. The van der Waals surface area contributed by atoms with Crippen molar-refractivity contribution in [1.82, 2.24) is 15.1 Å². The van der Waals surface area contributed by atoms with Crippen molar-refractivity contribution < 1.29 is 18.8 Å². The summed E-state index contributed by atoms with van der Waals surface area (Å²) in [4.78, 5) is 41.3. The van der Waals surface area contributed by atoms with Crippen LogP contribution in [-0.2, 0) is 16.1 Å². The van der Waals surface area contributed by atoms with Gasteiger partial charge in [0.1, 0.15) is 11.1 Å². The van der Waals surface area contributed by atoms with Gasteiger partial charge in [-0.3, -0.25) is 14.5 Å². The number of thioether (sulfide) groups is 1. The van der Waals surface area contributed by atoms with Crippen LogP contribution in [-0.4, -0.2) is 52.5 Å². The summed E-state index contributed by atoms with van der Waals surface area (Å²) in [5.74, 6) is -0.151. The zero-order valence-electron chi connectivity index (χ0n) is 16.9. The molecule has 1 N–H and O–H groups in total. The van der Waals surface area contributed by atoms with E-state index in [0.717, 1.165) is 31.2 Å². The van der Waals surface area contributed by atoms with E-state index in [1.54, 1.807) is 24.1 Å². The van der Waals surface area contributed by atoms with Gasteiger partial charge in [-0.25, -0.2) is 9.18 Å². The van der Waals surface area contributed by atoms with Crippen LogP contribution in [0.25, 0.3) is 0 Å². The topological polar surface area (TPSA) is 69.7 Å². The minimum atomic E-state index is -0.328. The second kappa shape index (κ2) is 8.79. The van der Waals surface area contributed by atoms with Crippen LogP contribution < -0.4 is 5.32 Å². The summed E-state index contributed by atoms with van der Waals surface area (Å²) in [6.45, 7) is 0.722. The first-order valence-corrected chi connectivity index (χ1v) is 11.3. The monoisotopic (exact) mass is 431 g/mol. The lowest BCUT2D eigenvalue weighted by Crippen LogP contribution is -2.62. The maximum Gasteiger partial charge on any atom is 0.327 e. The zero-order chi connectivity index (χ0) is 21.3. The molecule has 4 amide bonds. The molecule has 0 spiro atoms. The highest BCUT2D eigenvalue weighted by molar-refractivity contribution is 8.03. The molecule has 2 aliphatic heterocycles. The van der Waals surface area contributed by atoms with E-state index in [1.165, 1.54) is 28.8 Å². The summed E-state index contributed by atoms with van der Waals surface area (Å²) in [6.07, 6.45) is 5.12. The van der Waals surface area contributed by atoms with Crippen molar-refractivity contribution in [2.75, 3.05) is 13.6 Å². The van der Waals surface area contributed by atoms with E-state index in [-0.39, 0.29) is 46.8 Å². The molecule has 1 aliphatic carbocycles. The first-order valence-electron chi connectivity index (χ1n) is 10.4. The Labute approximate surface area is 179 Å². The van der Waals surface area contributed by atoms with Crippen molar-refractivity contribution in [2.24, 2.45) is 11.8 Å². The number of carbonyl (C=O) groups excluding carboxylic acids is 3. The number of hydrogen-bond donors (Lipinski definition) is 1. The minimum Gasteiger partial charge on any atom is -0.359 e. The minimum absolute atomic E-state index is 0.0213. The molecular weight excluding hydrogens is 405 g/mol. The van der Waals surface area contributed by atoms with Gasteiger partial charge < -0.3 is 10.2 Å². The van der Waals surface area contributed by atoms with Crippen LogP contribution in [0.5, 0.6) is 0 Å². The number of carbonyl (C=O) groups is 3. The standard InChI is InChI=1S/C22H26FN3O3S/c1-24-20(27)16-6-2-14(3-7-16)13-26-21(28)19-18(10-11-30-19)25(22(26)29)12-15-4-8-17(23)9-5-15/h4-5,8-11,14,16,18-19H,2-3,6-7,12-13H2,1H3,(H,24,27). The van der Waals surface area contributed by atoms with Gasteiger partial charge in [0.15, 0.2) is 0 Å². The Kier molecular flexibility index (Phi) is 6.13. The third-order valence-corrected chi connectivity index (χ3v) is 7.42. The Hall–Kier alpha value is -2.35. The highest BCUT2D eigenvalue weighted by Gasteiger charge is 2.47. The van der Waals surface area contributed by atoms with Crippen LogP contribution in [0.2, 0.25) is 0 Å². The van der Waals surface area contributed by atoms with E-state index in [9.17, 15) is 18.8 Å². The van der Waals surface area contributed by atoms with E-state index >= 15 is 0 Å². The number of fused-ring (bicyclic) bond motifs is 1. The van der Waals surface area contributed by atoms with E-state index in [1.807, 2.05) is 11.5 Å². The Bertz CT molecular complexity index is 852. The smallest absolute Gasteiger partial charge is 0.327 e. The van der Waals surface area contributed by atoms with Crippen molar-refractivity contribution in [3.63, 3.8) is 0 Å². The van der Waals surface area contributed by atoms with E-state index in [4.69, 9.17) is 0 Å². The van der Waals surface area contributed by atoms with E-state index in [2.05, 4.69) is 5.32 Å². The van der Waals surface area contributed by atoms with Crippen LogP contribution in [0, 0.1) is 17.7 Å². The lowest BCUT2D eigenvalue weighted by atomic mass is 9.81. The predicted octanol–water partition coefficient (Wildman–Crippen LogP) is 3.14. The van der Waals surface area contributed by atoms with Gasteiger partial charge in [-0.15, -0.1) is 11.8 Å². The highest BCUT2D eigenvalue weighted by atomic mass is 32.2. The van der Waals surface area contributed by atoms with Gasteiger partial charge in [0.25, 0.3) is 0 Å². The van der Waals surface area contributed by atoms with Gasteiger partial charge in [0.05, 0.1) is 6.04 Å². The van der Waals surface area contributed by atoms with Gasteiger partial charge >= 0.3 is 6.03 Å². The van der Waals surface area contributed by atoms with Crippen molar-refractivity contribution in [3.05, 3.63) is 47.1 Å². The molecule has 0 radical (unpaired) electrons. The predicted molar refractivity (Wildman–Crippen MR) is 113 cm³/mol. The van der Waals surface area contributed by atoms with Crippen molar-refractivity contribution in [3.8, 4) is 0 Å². The first kappa shape index (κ1) is 20.9. The average Bonchev–Trinajstić information content (AvgIpc) is 3.25. The summed E-state index contributed by atoms with van der Waals surface area (Å²) in [6, 6.07) is 5.54. The van der Waals surface area contributed by atoms with Crippen LogP contribution in [0.3, 0.4) is 0 Å². The Morgan fingerprint density at radius 1 is 1.17 bits per heavy atom. The van der Waals surface area contributed by atoms with E-state index in [0.29, 0.717) is 13.1 Å². The van der Waals surface area contributed by atoms with E-state index < -0.39 is 0 Å². The summed E-state index contributed by atoms with van der Waals surface area (Å²) in [5, 5.41) is 4.26. The number of amides is 4.